The Kier molecular flexibility index (Phi) is 3.47. The van der Waals surface area contributed by atoms with E-state index in [9.17, 15) is 0 Å². The zero-order valence-corrected chi connectivity index (χ0v) is 12.2. The van der Waals surface area contributed by atoms with Gasteiger partial charge in [0, 0.05) is 21.5 Å². The number of halogens is 2. The van der Waals surface area contributed by atoms with Gasteiger partial charge in [-0.2, -0.15) is 0 Å². The Bertz CT molecular complexity index is 787. The second-order valence-corrected chi connectivity index (χ2v) is 5.26. The predicted molar refractivity (Wildman–Crippen MR) is 84.0 cm³/mol. The van der Waals surface area contributed by atoms with Crippen molar-refractivity contribution in [2.45, 2.75) is 6.92 Å². The molecular formula is C15H11Cl2N3. The second-order valence-electron chi connectivity index (χ2n) is 4.47. The Morgan fingerprint density at radius 2 is 1.70 bits per heavy atom. The van der Waals surface area contributed by atoms with Crippen molar-refractivity contribution in [2.24, 2.45) is 0 Å². The van der Waals surface area contributed by atoms with E-state index in [4.69, 9.17) is 23.2 Å². The van der Waals surface area contributed by atoms with Gasteiger partial charge in [-0.1, -0.05) is 53.5 Å². The van der Waals surface area contributed by atoms with Crippen LogP contribution in [-0.4, -0.2) is 10.2 Å². The minimum absolute atomic E-state index is 0.397. The van der Waals surface area contributed by atoms with Crippen LogP contribution in [0.2, 0.25) is 10.2 Å². The fourth-order valence-corrected chi connectivity index (χ4v) is 2.39. The number of anilines is 2. The highest BCUT2D eigenvalue weighted by molar-refractivity contribution is 6.34. The lowest BCUT2D eigenvalue weighted by molar-refractivity contribution is 1.05. The van der Waals surface area contributed by atoms with Crippen molar-refractivity contribution in [3.8, 4) is 0 Å². The number of aryl methyl sites for hydroxylation is 1. The van der Waals surface area contributed by atoms with Gasteiger partial charge in [-0.25, -0.2) is 0 Å². The maximum atomic E-state index is 6.07. The van der Waals surface area contributed by atoms with Crippen molar-refractivity contribution in [2.75, 3.05) is 5.32 Å². The molecule has 0 saturated carbocycles. The summed E-state index contributed by atoms with van der Waals surface area (Å²) in [5.74, 6) is 0.662. The summed E-state index contributed by atoms with van der Waals surface area (Å²) in [4.78, 5) is 0. The number of nitrogens with one attached hydrogen (secondary N) is 1. The fourth-order valence-electron chi connectivity index (χ4n) is 2.02. The van der Waals surface area contributed by atoms with Gasteiger partial charge in [0.25, 0.3) is 0 Å². The van der Waals surface area contributed by atoms with Gasteiger partial charge < -0.3 is 5.32 Å². The largest absolute Gasteiger partial charge is 0.338 e. The number of fused-ring (bicyclic) bond motifs is 1. The first-order valence-electron chi connectivity index (χ1n) is 6.09. The second kappa shape index (κ2) is 5.27. The highest BCUT2D eigenvalue weighted by Crippen LogP contribution is 2.29. The van der Waals surface area contributed by atoms with Crippen LogP contribution in [0.1, 0.15) is 5.56 Å². The number of benzene rings is 2. The Morgan fingerprint density at radius 3 is 2.50 bits per heavy atom. The molecule has 1 aromatic heterocycles. The van der Waals surface area contributed by atoms with E-state index in [1.807, 2.05) is 49.4 Å². The van der Waals surface area contributed by atoms with Crippen LogP contribution in [0.5, 0.6) is 0 Å². The first-order valence-corrected chi connectivity index (χ1v) is 6.85. The van der Waals surface area contributed by atoms with Crippen LogP contribution >= 0.6 is 23.2 Å². The maximum absolute atomic E-state index is 6.07. The third-order valence-corrected chi connectivity index (χ3v) is 3.61. The lowest BCUT2D eigenvalue weighted by Crippen LogP contribution is -1.99. The summed E-state index contributed by atoms with van der Waals surface area (Å²) in [5.41, 5.74) is 1.98. The monoisotopic (exact) mass is 303 g/mol. The van der Waals surface area contributed by atoms with E-state index in [0.717, 1.165) is 22.0 Å². The summed E-state index contributed by atoms with van der Waals surface area (Å²) in [6.07, 6.45) is 0. The first kappa shape index (κ1) is 13.2. The first-order chi connectivity index (χ1) is 9.65. The van der Waals surface area contributed by atoms with E-state index in [-0.39, 0.29) is 0 Å². The molecule has 1 heterocycles. The molecular weight excluding hydrogens is 293 g/mol. The minimum Gasteiger partial charge on any atom is -0.338 e. The predicted octanol–water partition coefficient (Wildman–Crippen LogP) is 4.99. The van der Waals surface area contributed by atoms with Crippen molar-refractivity contribution in [3.63, 3.8) is 0 Å². The smallest absolute Gasteiger partial charge is 0.161 e. The molecule has 3 nitrogen and oxygen atoms in total. The molecule has 0 saturated heterocycles. The molecule has 0 radical (unpaired) electrons. The van der Waals surface area contributed by atoms with Crippen LogP contribution in [0.15, 0.2) is 42.5 Å². The number of hydrogen-bond donors (Lipinski definition) is 1. The number of aromatic nitrogens is 2. The molecule has 0 spiro atoms. The van der Waals surface area contributed by atoms with Gasteiger partial charge in [0.2, 0.25) is 0 Å². The van der Waals surface area contributed by atoms with Gasteiger partial charge in [0.1, 0.15) is 0 Å². The van der Waals surface area contributed by atoms with Crippen molar-refractivity contribution in [3.05, 3.63) is 58.2 Å². The zero-order chi connectivity index (χ0) is 14.1. The number of nitrogens with zero attached hydrogens (tertiary/aromatic N) is 2. The van der Waals surface area contributed by atoms with Crippen molar-refractivity contribution < 1.29 is 0 Å². The van der Waals surface area contributed by atoms with E-state index in [1.54, 1.807) is 0 Å². The molecule has 0 amide bonds. The normalized spacial score (nSPS) is 10.8. The summed E-state index contributed by atoms with van der Waals surface area (Å²) < 4.78 is 0. The molecule has 3 aromatic rings. The van der Waals surface area contributed by atoms with E-state index >= 15 is 0 Å². The van der Waals surface area contributed by atoms with Gasteiger partial charge in [0.15, 0.2) is 11.0 Å². The SMILES string of the molecule is Cc1ccc(Cl)cc1Nc1nnc(Cl)c2ccccc12. The third-order valence-electron chi connectivity index (χ3n) is 3.09. The highest BCUT2D eigenvalue weighted by Gasteiger charge is 2.08. The lowest BCUT2D eigenvalue weighted by atomic mass is 10.1. The summed E-state index contributed by atoms with van der Waals surface area (Å²) in [6.45, 7) is 2.00. The average Bonchev–Trinajstić information content (AvgIpc) is 2.46. The summed E-state index contributed by atoms with van der Waals surface area (Å²) >= 11 is 12.1. The summed E-state index contributed by atoms with van der Waals surface area (Å²) in [5, 5.41) is 14.2. The van der Waals surface area contributed by atoms with Crippen LogP contribution in [0.4, 0.5) is 11.5 Å². The molecule has 20 heavy (non-hydrogen) atoms. The molecule has 0 aliphatic carbocycles. The lowest BCUT2D eigenvalue weighted by Gasteiger charge is -2.11. The van der Waals surface area contributed by atoms with Gasteiger partial charge in [0.05, 0.1) is 0 Å². The van der Waals surface area contributed by atoms with E-state index in [0.29, 0.717) is 16.0 Å². The number of rotatable bonds is 2. The maximum Gasteiger partial charge on any atom is 0.161 e. The van der Waals surface area contributed by atoms with Gasteiger partial charge in [-0.3, -0.25) is 0 Å². The molecule has 100 valence electrons. The van der Waals surface area contributed by atoms with E-state index in [2.05, 4.69) is 15.5 Å². The van der Waals surface area contributed by atoms with Crippen molar-refractivity contribution in [1.29, 1.82) is 0 Å². The molecule has 2 aromatic carbocycles. The summed E-state index contributed by atoms with van der Waals surface area (Å²) in [7, 11) is 0. The minimum atomic E-state index is 0.397. The number of hydrogen-bond acceptors (Lipinski definition) is 3. The Labute approximate surface area is 126 Å². The summed E-state index contributed by atoms with van der Waals surface area (Å²) in [6, 6.07) is 13.4. The molecule has 0 bridgehead atoms. The zero-order valence-electron chi connectivity index (χ0n) is 10.7. The van der Waals surface area contributed by atoms with Gasteiger partial charge in [-0.15, -0.1) is 10.2 Å². The molecule has 0 aliphatic heterocycles. The van der Waals surface area contributed by atoms with Crippen LogP contribution in [0, 0.1) is 6.92 Å². The quantitative estimate of drug-likeness (QED) is 0.725. The third kappa shape index (κ3) is 2.42. The van der Waals surface area contributed by atoms with Crippen LogP contribution < -0.4 is 5.32 Å². The van der Waals surface area contributed by atoms with Crippen molar-refractivity contribution >= 4 is 45.5 Å². The fraction of sp³-hybridized carbons (Fsp3) is 0.0667. The molecule has 3 rings (SSSR count). The molecule has 0 aliphatic rings. The van der Waals surface area contributed by atoms with Crippen LogP contribution in [0.3, 0.4) is 0 Å². The standard InChI is InChI=1S/C15H11Cl2N3/c1-9-6-7-10(16)8-13(9)18-15-12-5-3-2-4-11(12)14(17)19-20-15/h2-8H,1H3,(H,18,20). The molecule has 0 atom stereocenters. The van der Waals surface area contributed by atoms with E-state index in [1.165, 1.54) is 0 Å². The van der Waals surface area contributed by atoms with Gasteiger partial charge >= 0.3 is 0 Å². The Hall–Kier alpha value is -1.84. The molecule has 5 heteroatoms. The molecule has 0 fully saturated rings. The van der Waals surface area contributed by atoms with Gasteiger partial charge in [-0.05, 0) is 24.6 Å². The molecule has 0 unspecified atom stereocenters. The van der Waals surface area contributed by atoms with Crippen LogP contribution in [-0.2, 0) is 0 Å². The highest BCUT2D eigenvalue weighted by atomic mass is 35.5. The Balaban J connectivity index is 2.11. The average molecular weight is 304 g/mol. The topological polar surface area (TPSA) is 37.8 Å². The molecule has 1 N–H and O–H groups in total. The van der Waals surface area contributed by atoms with E-state index < -0.39 is 0 Å². The van der Waals surface area contributed by atoms with Crippen molar-refractivity contribution in [1.82, 2.24) is 10.2 Å². The Morgan fingerprint density at radius 1 is 0.950 bits per heavy atom. The van der Waals surface area contributed by atoms with Crippen LogP contribution in [0.25, 0.3) is 10.8 Å².